The molecule has 5 nitrogen and oxygen atoms in total. The van der Waals surface area contributed by atoms with Crippen molar-refractivity contribution in [1.82, 2.24) is 4.57 Å². The van der Waals surface area contributed by atoms with Crippen LogP contribution in [-0.4, -0.2) is 23.1 Å². The van der Waals surface area contributed by atoms with Crippen LogP contribution in [0.1, 0.15) is 57.6 Å². The number of anilines is 1. The molecule has 0 atom stereocenters. The lowest BCUT2D eigenvalue weighted by molar-refractivity contribution is 0.0528. The van der Waals surface area contributed by atoms with Crippen LogP contribution in [0.5, 0.6) is 0 Å². The first kappa shape index (κ1) is 20.1. The highest BCUT2D eigenvalue weighted by Crippen LogP contribution is 2.31. The van der Waals surface area contributed by atoms with Crippen LogP contribution in [0.2, 0.25) is 0 Å². The third-order valence-electron chi connectivity index (χ3n) is 4.90. The minimum absolute atomic E-state index is 0.207. The Morgan fingerprint density at radius 1 is 1.14 bits per heavy atom. The molecule has 1 aromatic carbocycles. The van der Waals surface area contributed by atoms with E-state index in [4.69, 9.17) is 4.74 Å². The van der Waals surface area contributed by atoms with Crippen molar-refractivity contribution >= 4 is 39.1 Å². The summed E-state index contributed by atoms with van der Waals surface area (Å²) in [6, 6.07) is 8.11. The Bertz CT molecular complexity index is 1050. The summed E-state index contributed by atoms with van der Waals surface area (Å²) in [7, 11) is 0. The number of rotatable bonds is 6. The number of esters is 1. The third-order valence-corrected chi connectivity index (χ3v) is 5.86. The highest BCUT2D eigenvalue weighted by atomic mass is 32.1. The number of benzene rings is 1. The van der Waals surface area contributed by atoms with Gasteiger partial charge in [-0.1, -0.05) is 13.0 Å². The summed E-state index contributed by atoms with van der Waals surface area (Å²) < 4.78 is 7.15. The quantitative estimate of drug-likeness (QED) is 0.571. The minimum Gasteiger partial charge on any atom is -0.462 e. The highest BCUT2D eigenvalue weighted by molar-refractivity contribution is 7.16. The van der Waals surface area contributed by atoms with Crippen LogP contribution in [0.15, 0.2) is 24.3 Å². The van der Waals surface area contributed by atoms with Gasteiger partial charge in [0.05, 0.1) is 12.2 Å². The molecule has 1 amide bonds. The monoisotopic (exact) mass is 398 g/mol. The molecule has 6 heteroatoms. The topological polar surface area (TPSA) is 60.3 Å². The van der Waals surface area contributed by atoms with E-state index in [2.05, 4.69) is 30.4 Å². The maximum absolute atomic E-state index is 13.2. The van der Waals surface area contributed by atoms with Gasteiger partial charge in [0, 0.05) is 22.3 Å². The zero-order valence-electron chi connectivity index (χ0n) is 17.0. The number of carbonyl (C=O) groups excluding carboxylic acids is 2. The molecule has 3 aromatic rings. The summed E-state index contributed by atoms with van der Waals surface area (Å²) in [5.74, 6) is -0.622. The van der Waals surface area contributed by atoms with Gasteiger partial charge in [-0.3, -0.25) is 4.79 Å². The number of hydrogen-bond acceptors (Lipinski definition) is 4. The van der Waals surface area contributed by atoms with Crippen LogP contribution in [0, 0.1) is 13.8 Å². The lowest BCUT2D eigenvalue weighted by Crippen LogP contribution is -2.19. The Hall–Kier alpha value is -2.60. The fourth-order valence-electron chi connectivity index (χ4n) is 3.54. The molecule has 28 heavy (non-hydrogen) atoms. The van der Waals surface area contributed by atoms with Gasteiger partial charge in [-0.15, -0.1) is 11.3 Å². The number of nitrogens with zero attached hydrogens (tertiary/aromatic N) is 1. The zero-order valence-corrected chi connectivity index (χ0v) is 17.8. The molecule has 0 spiro atoms. The van der Waals surface area contributed by atoms with Gasteiger partial charge in [-0.25, -0.2) is 4.79 Å². The van der Waals surface area contributed by atoms with Crippen LogP contribution in [-0.2, 0) is 17.7 Å². The summed E-state index contributed by atoms with van der Waals surface area (Å²) in [5.41, 5.74) is 4.29. The van der Waals surface area contributed by atoms with Gasteiger partial charge in [0.15, 0.2) is 0 Å². The van der Waals surface area contributed by atoms with E-state index in [0.29, 0.717) is 29.4 Å². The van der Waals surface area contributed by atoms with Crippen molar-refractivity contribution in [2.75, 3.05) is 11.9 Å². The zero-order chi connectivity index (χ0) is 20.4. The Morgan fingerprint density at radius 3 is 2.54 bits per heavy atom. The Balaban J connectivity index is 2.03. The van der Waals surface area contributed by atoms with Crippen molar-refractivity contribution in [2.45, 2.75) is 47.6 Å². The standard InChI is InChI=1S/C22H26N2O3S/c1-6-15-9-10-18-16(12-15)14(5)19(24(18)7-2)20(25)23-21-17(11-13(4)28-21)22(26)27-8-3/h9-12H,6-8H2,1-5H3,(H,23,25). The van der Waals surface area contributed by atoms with Gasteiger partial charge in [-0.05, 0) is 63.4 Å². The molecule has 2 aromatic heterocycles. The van der Waals surface area contributed by atoms with Crippen molar-refractivity contribution in [3.05, 3.63) is 51.5 Å². The molecule has 0 bridgehead atoms. The van der Waals surface area contributed by atoms with E-state index in [-0.39, 0.29) is 5.91 Å². The molecule has 148 valence electrons. The molecule has 0 aliphatic carbocycles. The van der Waals surface area contributed by atoms with Crippen molar-refractivity contribution < 1.29 is 14.3 Å². The minimum atomic E-state index is -0.414. The van der Waals surface area contributed by atoms with Crippen LogP contribution >= 0.6 is 11.3 Å². The molecule has 0 radical (unpaired) electrons. The predicted molar refractivity (Wildman–Crippen MR) is 115 cm³/mol. The van der Waals surface area contributed by atoms with Crippen LogP contribution < -0.4 is 5.32 Å². The molecule has 0 fully saturated rings. The first-order chi connectivity index (χ1) is 13.4. The Morgan fingerprint density at radius 2 is 1.89 bits per heavy atom. The molecule has 0 unspecified atom stereocenters. The van der Waals surface area contributed by atoms with Crippen molar-refractivity contribution in [2.24, 2.45) is 0 Å². The molecule has 2 heterocycles. The van der Waals surface area contributed by atoms with E-state index in [0.717, 1.165) is 27.8 Å². The summed E-state index contributed by atoms with van der Waals surface area (Å²) in [6.07, 6.45) is 0.950. The van der Waals surface area contributed by atoms with E-state index in [9.17, 15) is 9.59 Å². The molecule has 1 N–H and O–H groups in total. The van der Waals surface area contributed by atoms with E-state index in [1.807, 2.05) is 25.3 Å². The van der Waals surface area contributed by atoms with Crippen molar-refractivity contribution in [3.63, 3.8) is 0 Å². The second-order valence-electron chi connectivity index (χ2n) is 6.70. The first-order valence-electron chi connectivity index (χ1n) is 9.61. The normalized spacial score (nSPS) is 11.0. The smallest absolute Gasteiger partial charge is 0.341 e. The largest absolute Gasteiger partial charge is 0.462 e. The molecule has 3 rings (SSSR count). The van der Waals surface area contributed by atoms with Crippen LogP contribution in [0.25, 0.3) is 10.9 Å². The summed E-state index contributed by atoms with van der Waals surface area (Å²) in [6.45, 7) is 10.8. The average Bonchev–Trinajstić information content (AvgIpc) is 3.18. The van der Waals surface area contributed by atoms with E-state index < -0.39 is 5.97 Å². The van der Waals surface area contributed by atoms with E-state index >= 15 is 0 Å². The average molecular weight is 399 g/mol. The molecule has 0 saturated heterocycles. The number of ether oxygens (including phenoxy) is 1. The van der Waals surface area contributed by atoms with Gasteiger partial charge in [0.25, 0.3) is 5.91 Å². The number of amides is 1. The summed E-state index contributed by atoms with van der Waals surface area (Å²) >= 11 is 1.38. The highest BCUT2D eigenvalue weighted by Gasteiger charge is 2.23. The molecular formula is C22H26N2O3S. The molecule has 0 aliphatic heterocycles. The maximum Gasteiger partial charge on any atom is 0.341 e. The van der Waals surface area contributed by atoms with Gasteiger partial charge < -0.3 is 14.6 Å². The lowest BCUT2D eigenvalue weighted by Gasteiger charge is -2.10. The van der Waals surface area contributed by atoms with Crippen molar-refractivity contribution in [3.8, 4) is 0 Å². The second kappa shape index (κ2) is 8.19. The number of thiophene rings is 1. The predicted octanol–water partition coefficient (Wildman–Crippen LogP) is 5.33. The fraction of sp³-hybridized carbons (Fsp3) is 0.364. The second-order valence-corrected chi connectivity index (χ2v) is 7.95. The van der Waals surface area contributed by atoms with Gasteiger partial charge >= 0.3 is 5.97 Å². The third kappa shape index (κ3) is 3.56. The number of aromatic nitrogens is 1. The number of fused-ring (bicyclic) bond motifs is 1. The molecule has 0 aliphatic rings. The van der Waals surface area contributed by atoms with Gasteiger partial charge in [0.1, 0.15) is 10.7 Å². The SMILES string of the molecule is CCOC(=O)c1cc(C)sc1NC(=O)c1c(C)c2cc(CC)ccc2n1CC. The Labute approximate surface area is 169 Å². The van der Waals surface area contributed by atoms with Crippen LogP contribution in [0.3, 0.4) is 0 Å². The maximum atomic E-state index is 13.2. The summed E-state index contributed by atoms with van der Waals surface area (Å²) in [4.78, 5) is 26.4. The van der Waals surface area contributed by atoms with Gasteiger partial charge in [0.2, 0.25) is 0 Å². The lowest BCUT2D eigenvalue weighted by atomic mass is 10.1. The van der Waals surface area contributed by atoms with E-state index in [1.54, 1.807) is 13.0 Å². The van der Waals surface area contributed by atoms with Gasteiger partial charge in [-0.2, -0.15) is 0 Å². The first-order valence-corrected chi connectivity index (χ1v) is 10.4. The fourth-order valence-corrected chi connectivity index (χ4v) is 4.44. The van der Waals surface area contributed by atoms with E-state index in [1.165, 1.54) is 16.9 Å². The Kier molecular flexibility index (Phi) is 5.89. The molecular weight excluding hydrogens is 372 g/mol. The van der Waals surface area contributed by atoms with Crippen molar-refractivity contribution in [1.29, 1.82) is 0 Å². The number of nitrogens with one attached hydrogen (secondary N) is 1. The number of hydrogen-bond donors (Lipinski definition) is 1. The summed E-state index contributed by atoms with van der Waals surface area (Å²) in [5, 5.41) is 4.58. The number of aryl methyl sites for hydroxylation is 4. The molecule has 0 saturated carbocycles. The number of carbonyl (C=O) groups is 2. The van der Waals surface area contributed by atoms with Crippen LogP contribution in [0.4, 0.5) is 5.00 Å².